The average molecular weight is 248 g/mol. The van der Waals surface area contributed by atoms with Crippen LogP contribution in [-0.4, -0.2) is 56.9 Å². The molecule has 1 aromatic rings. The number of benzene rings is 1. The number of rotatable bonds is 7. The molecule has 18 heavy (non-hydrogen) atoms. The third-order valence-electron chi connectivity index (χ3n) is 3.22. The second kappa shape index (κ2) is 6.66. The Morgan fingerprint density at radius 1 is 1.11 bits per heavy atom. The van der Waals surface area contributed by atoms with Gasteiger partial charge in [0, 0.05) is 19.6 Å². The SMILES string of the molecule is CN(C)CCN(C)CC(C)(C=O)c1ccccc1. The van der Waals surface area contributed by atoms with E-state index in [4.69, 9.17) is 0 Å². The van der Waals surface area contributed by atoms with Crippen molar-refractivity contribution in [2.24, 2.45) is 0 Å². The molecule has 3 heteroatoms. The largest absolute Gasteiger partial charge is 0.308 e. The van der Waals surface area contributed by atoms with Gasteiger partial charge in [-0.25, -0.2) is 0 Å². The molecule has 0 fully saturated rings. The molecule has 0 heterocycles. The van der Waals surface area contributed by atoms with Gasteiger partial charge in [-0.15, -0.1) is 0 Å². The van der Waals surface area contributed by atoms with Crippen molar-refractivity contribution in [3.05, 3.63) is 35.9 Å². The normalized spacial score (nSPS) is 14.8. The van der Waals surface area contributed by atoms with Crippen molar-refractivity contribution in [2.75, 3.05) is 40.8 Å². The van der Waals surface area contributed by atoms with Gasteiger partial charge >= 0.3 is 0 Å². The summed E-state index contributed by atoms with van der Waals surface area (Å²) in [5.41, 5.74) is 0.652. The van der Waals surface area contributed by atoms with Crippen LogP contribution in [0, 0.1) is 0 Å². The standard InChI is InChI=1S/C15H24N2O/c1-15(13-18,14-8-6-5-7-9-14)12-17(4)11-10-16(2)3/h5-9,13H,10-12H2,1-4H3. The van der Waals surface area contributed by atoms with Gasteiger partial charge in [0.2, 0.25) is 0 Å². The number of aldehydes is 1. The van der Waals surface area contributed by atoms with Gasteiger partial charge in [-0.05, 0) is 33.6 Å². The van der Waals surface area contributed by atoms with E-state index in [0.29, 0.717) is 0 Å². The Hall–Kier alpha value is -1.19. The summed E-state index contributed by atoms with van der Waals surface area (Å²) in [6.45, 7) is 4.71. The fourth-order valence-electron chi connectivity index (χ4n) is 2.03. The molecule has 0 aliphatic rings. The molecule has 0 N–H and O–H groups in total. The van der Waals surface area contributed by atoms with E-state index in [2.05, 4.69) is 30.9 Å². The molecule has 0 amide bonds. The van der Waals surface area contributed by atoms with Crippen LogP contribution in [0.2, 0.25) is 0 Å². The van der Waals surface area contributed by atoms with Gasteiger partial charge < -0.3 is 14.6 Å². The highest BCUT2D eigenvalue weighted by atomic mass is 16.1. The highest BCUT2D eigenvalue weighted by Crippen LogP contribution is 2.22. The lowest BCUT2D eigenvalue weighted by molar-refractivity contribution is -0.112. The number of carbonyl (C=O) groups is 1. The molecule has 0 aliphatic heterocycles. The highest BCUT2D eigenvalue weighted by molar-refractivity contribution is 5.68. The number of hydrogen-bond acceptors (Lipinski definition) is 3. The summed E-state index contributed by atoms with van der Waals surface area (Å²) >= 11 is 0. The smallest absolute Gasteiger partial charge is 0.131 e. The number of nitrogens with zero attached hydrogens (tertiary/aromatic N) is 2. The maximum Gasteiger partial charge on any atom is 0.131 e. The van der Waals surface area contributed by atoms with Crippen molar-refractivity contribution >= 4 is 6.29 Å². The zero-order valence-corrected chi connectivity index (χ0v) is 11.9. The molecule has 1 atom stereocenters. The minimum absolute atomic E-state index is 0.428. The first-order chi connectivity index (χ1) is 8.48. The molecule has 0 saturated heterocycles. The van der Waals surface area contributed by atoms with Crippen molar-refractivity contribution in [3.8, 4) is 0 Å². The lowest BCUT2D eigenvalue weighted by atomic mass is 9.83. The van der Waals surface area contributed by atoms with Crippen LogP contribution < -0.4 is 0 Å². The van der Waals surface area contributed by atoms with Crippen molar-refractivity contribution < 1.29 is 4.79 Å². The Balaban J connectivity index is 2.68. The number of likely N-dealkylation sites (N-methyl/N-ethyl adjacent to an activating group) is 2. The van der Waals surface area contributed by atoms with Gasteiger partial charge in [0.25, 0.3) is 0 Å². The minimum Gasteiger partial charge on any atom is -0.308 e. The fourth-order valence-corrected chi connectivity index (χ4v) is 2.03. The van der Waals surface area contributed by atoms with Gasteiger partial charge in [-0.3, -0.25) is 0 Å². The van der Waals surface area contributed by atoms with Crippen LogP contribution >= 0.6 is 0 Å². The van der Waals surface area contributed by atoms with Crippen LogP contribution in [-0.2, 0) is 10.2 Å². The maximum absolute atomic E-state index is 11.5. The summed E-state index contributed by atoms with van der Waals surface area (Å²) in [6, 6.07) is 9.99. The van der Waals surface area contributed by atoms with E-state index in [-0.39, 0.29) is 0 Å². The average Bonchev–Trinajstić information content (AvgIpc) is 2.37. The summed E-state index contributed by atoms with van der Waals surface area (Å²) in [6.07, 6.45) is 1.06. The molecule has 1 rings (SSSR count). The van der Waals surface area contributed by atoms with Crippen molar-refractivity contribution in [1.82, 2.24) is 9.80 Å². The maximum atomic E-state index is 11.5. The predicted molar refractivity (Wildman–Crippen MR) is 75.9 cm³/mol. The molecule has 0 bridgehead atoms. The van der Waals surface area contributed by atoms with Crippen molar-refractivity contribution in [2.45, 2.75) is 12.3 Å². The zero-order chi connectivity index (χ0) is 13.6. The Morgan fingerprint density at radius 2 is 1.72 bits per heavy atom. The van der Waals surface area contributed by atoms with Gasteiger partial charge in [0.15, 0.2) is 0 Å². The summed E-state index contributed by atoms with van der Waals surface area (Å²) in [7, 11) is 6.18. The molecular weight excluding hydrogens is 224 g/mol. The molecule has 1 aromatic carbocycles. The lowest BCUT2D eigenvalue weighted by Gasteiger charge is -2.30. The summed E-state index contributed by atoms with van der Waals surface area (Å²) in [4.78, 5) is 15.8. The van der Waals surface area contributed by atoms with Gasteiger partial charge in [-0.1, -0.05) is 30.3 Å². The first-order valence-corrected chi connectivity index (χ1v) is 6.33. The summed E-state index contributed by atoms with van der Waals surface area (Å²) < 4.78 is 0. The van der Waals surface area contributed by atoms with Crippen molar-refractivity contribution in [1.29, 1.82) is 0 Å². The van der Waals surface area contributed by atoms with Crippen LogP contribution in [0.3, 0.4) is 0 Å². The van der Waals surface area contributed by atoms with Crippen LogP contribution in [0.1, 0.15) is 12.5 Å². The molecule has 0 radical (unpaired) electrons. The monoisotopic (exact) mass is 248 g/mol. The topological polar surface area (TPSA) is 23.6 Å². The third kappa shape index (κ3) is 4.24. The molecule has 100 valence electrons. The highest BCUT2D eigenvalue weighted by Gasteiger charge is 2.27. The molecular formula is C15H24N2O. The van der Waals surface area contributed by atoms with Crippen molar-refractivity contribution in [3.63, 3.8) is 0 Å². The van der Waals surface area contributed by atoms with Gasteiger partial charge in [0.1, 0.15) is 6.29 Å². The molecule has 1 unspecified atom stereocenters. The Labute approximate surface area is 110 Å². The summed E-state index contributed by atoms with van der Waals surface area (Å²) in [5, 5.41) is 0. The second-order valence-corrected chi connectivity index (χ2v) is 5.44. The fraction of sp³-hybridized carbons (Fsp3) is 0.533. The Bertz CT molecular complexity index is 364. The molecule has 0 spiro atoms. The number of hydrogen-bond donors (Lipinski definition) is 0. The lowest BCUT2D eigenvalue weighted by Crippen LogP contribution is -2.40. The minimum atomic E-state index is -0.428. The van der Waals surface area contributed by atoms with Crippen LogP contribution in [0.25, 0.3) is 0 Å². The first kappa shape index (κ1) is 14.9. The van der Waals surface area contributed by atoms with E-state index >= 15 is 0 Å². The Morgan fingerprint density at radius 3 is 2.22 bits per heavy atom. The zero-order valence-electron chi connectivity index (χ0n) is 11.9. The third-order valence-corrected chi connectivity index (χ3v) is 3.22. The van der Waals surface area contributed by atoms with E-state index in [9.17, 15) is 4.79 Å². The van der Waals surface area contributed by atoms with E-state index < -0.39 is 5.41 Å². The number of carbonyl (C=O) groups excluding carboxylic acids is 1. The first-order valence-electron chi connectivity index (χ1n) is 6.33. The van der Waals surface area contributed by atoms with E-state index in [1.165, 1.54) is 0 Å². The van der Waals surface area contributed by atoms with E-state index in [1.807, 2.05) is 37.3 Å². The van der Waals surface area contributed by atoms with Crippen LogP contribution in [0.15, 0.2) is 30.3 Å². The predicted octanol–water partition coefficient (Wildman–Crippen LogP) is 1.64. The van der Waals surface area contributed by atoms with Crippen LogP contribution in [0.4, 0.5) is 0 Å². The van der Waals surface area contributed by atoms with E-state index in [1.54, 1.807) is 0 Å². The van der Waals surface area contributed by atoms with Gasteiger partial charge in [0.05, 0.1) is 5.41 Å². The second-order valence-electron chi connectivity index (χ2n) is 5.44. The van der Waals surface area contributed by atoms with E-state index in [0.717, 1.165) is 31.5 Å². The Kier molecular flexibility index (Phi) is 5.51. The quantitative estimate of drug-likeness (QED) is 0.685. The molecule has 0 aromatic heterocycles. The molecule has 3 nitrogen and oxygen atoms in total. The van der Waals surface area contributed by atoms with Crippen LogP contribution in [0.5, 0.6) is 0 Å². The van der Waals surface area contributed by atoms with Gasteiger partial charge in [-0.2, -0.15) is 0 Å². The molecule has 0 aliphatic carbocycles. The summed E-state index contributed by atoms with van der Waals surface area (Å²) in [5.74, 6) is 0. The molecule has 0 saturated carbocycles.